The molecule has 0 saturated heterocycles. The summed E-state index contributed by atoms with van der Waals surface area (Å²) in [6, 6.07) is 6.56. The van der Waals surface area contributed by atoms with Crippen molar-refractivity contribution in [2.75, 3.05) is 13.2 Å². The van der Waals surface area contributed by atoms with Crippen molar-refractivity contribution in [3.05, 3.63) is 35.6 Å². The van der Waals surface area contributed by atoms with Gasteiger partial charge in [-0.15, -0.1) is 0 Å². The number of rotatable bonds is 4. The Morgan fingerprint density at radius 2 is 2.00 bits per heavy atom. The van der Waals surface area contributed by atoms with Gasteiger partial charge in [-0.3, -0.25) is 0 Å². The van der Waals surface area contributed by atoms with Crippen LogP contribution in [-0.4, -0.2) is 18.3 Å². The van der Waals surface area contributed by atoms with E-state index in [2.05, 4.69) is 6.92 Å². The number of hydrogen-bond acceptors (Lipinski definition) is 2. The molecule has 2 rings (SSSR count). The average Bonchev–Trinajstić information content (AvgIpc) is 2.88. The van der Waals surface area contributed by atoms with Crippen LogP contribution in [0.1, 0.15) is 18.9 Å². The fourth-order valence-electron chi connectivity index (χ4n) is 2.64. The lowest BCUT2D eigenvalue weighted by Crippen LogP contribution is -2.26. The molecule has 2 nitrogen and oxygen atoms in total. The zero-order valence-corrected chi connectivity index (χ0v) is 9.54. The van der Waals surface area contributed by atoms with E-state index in [-0.39, 0.29) is 23.3 Å². The van der Waals surface area contributed by atoms with Gasteiger partial charge in [-0.25, -0.2) is 4.39 Å². The van der Waals surface area contributed by atoms with Gasteiger partial charge >= 0.3 is 0 Å². The summed E-state index contributed by atoms with van der Waals surface area (Å²) < 4.78 is 12.8. The molecule has 1 aliphatic carbocycles. The molecule has 1 fully saturated rings. The van der Waals surface area contributed by atoms with Crippen LogP contribution < -0.4 is 5.73 Å². The molecule has 0 aromatic heterocycles. The summed E-state index contributed by atoms with van der Waals surface area (Å²) in [5.41, 5.74) is 6.76. The maximum atomic E-state index is 12.8. The van der Waals surface area contributed by atoms with E-state index < -0.39 is 0 Å². The molecular weight excluding hydrogens is 205 g/mol. The topological polar surface area (TPSA) is 46.2 Å². The normalized spacial score (nSPS) is 32.8. The van der Waals surface area contributed by atoms with Crippen LogP contribution >= 0.6 is 0 Å². The van der Waals surface area contributed by atoms with Crippen LogP contribution in [0.15, 0.2) is 24.3 Å². The highest BCUT2D eigenvalue weighted by Crippen LogP contribution is 2.64. The first-order valence-corrected chi connectivity index (χ1v) is 5.61. The van der Waals surface area contributed by atoms with Crippen molar-refractivity contribution in [1.82, 2.24) is 0 Å². The Kier molecular flexibility index (Phi) is 2.76. The third-order valence-electron chi connectivity index (χ3n) is 4.08. The summed E-state index contributed by atoms with van der Waals surface area (Å²) >= 11 is 0. The Morgan fingerprint density at radius 1 is 1.38 bits per heavy atom. The molecule has 2 atom stereocenters. The van der Waals surface area contributed by atoms with E-state index >= 15 is 0 Å². The van der Waals surface area contributed by atoms with Crippen LogP contribution in [-0.2, 0) is 6.42 Å². The fourth-order valence-corrected chi connectivity index (χ4v) is 2.64. The van der Waals surface area contributed by atoms with Gasteiger partial charge in [0.1, 0.15) is 5.82 Å². The lowest BCUT2D eigenvalue weighted by Gasteiger charge is -2.19. The number of hydrogen-bond donors (Lipinski definition) is 2. The molecule has 0 radical (unpaired) electrons. The predicted molar refractivity (Wildman–Crippen MR) is 61.4 cm³/mol. The summed E-state index contributed by atoms with van der Waals surface area (Å²) in [7, 11) is 0. The molecule has 0 bridgehead atoms. The zero-order chi connectivity index (χ0) is 11.8. The van der Waals surface area contributed by atoms with Crippen molar-refractivity contribution in [3.63, 3.8) is 0 Å². The lowest BCUT2D eigenvalue weighted by atomic mass is 9.89. The fraction of sp³-hybridized carbons (Fsp3) is 0.538. The minimum Gasteiger partial charge on any atom is -0.396 e. The summed E-state index contributed by atoms with van der Waals surface area (Å²) in [6.45, 7) is 2.79. The molecule has 88 valence electrons. The molecule has 3 N–H and O–H groups in total. The molecule has 0 spiro atoms. The monoisotopic (exact) mass is 223 g/mol. The summed E-state index contributed by atoms with van der Waals surface area (Å²) in [6.07, 6.45) is 1.80. The van der Waals surface area contributed by atoms with Gasteiger partial charge in [0.25, 0.3) is 0 Å². The van der Waals surface area contributed by atoms with Gasteiger partial charge in [0.2, 0.25) is 0 Å². The van der Waals surface area contributed by atoms with Crippen molar-refractivity contribution in [1.29, 1.82) is 0 Å². The highest BCUT2D eigenvalue weighted by atomic mass is 19.1. The maximum Gasteiger partial charge on any atom is 0.123 e. The van der Waals surface area contributed by atoms with E-state index in [0.717, 1.165) is 18.4 Å². The second kappa shape index (κ2) is 3.82. The van der Waals surface area contributed by atoms with Gasteiger partial charge in [0.05, 0.1) is 6.61 Å². The molecule has 1 aromatic carbocycles. The van der Waals surface area contributed by atoms with Crippen molar-refractivity contribution in [2.45, 2.75) is 19.8 Å². The van der Waals surface area contributed by atoms with E-state index in [4.69, 9.17) is 5.73 Å². The van der Waals surface area contributed by atoms with Crippen LogP contribution in [0.5, 0.6) is 0 Å². The minimum absolute atomic E-state index is 0.0638. The predicted octanol–water partition coefficient (Wildman–Crippen LogP) is 1.72. The summed E-state index contributed by atoms with van der Waals surface area (Å²) in [4.78, 5) is 0. The van der Waals surface area contributed by atoms with E-state index in [1.54, 1.807) is 12.1 Å². The molecule has 1 saturated carbocycles. The van der Waals surface area contributed by atoms with Gasteiger partial charge in [-0.05, 0) is 36.0 Å². The second-order valence-corrected chi connectivity index (χ2v) is 5.18. The smallest absolute Gasteiger partial charge is 0.123 e. The molecule has 3 heteroatoms. The van der Waals surface area contributed by atoms with E-state index in [9.17, 15) is 9.50 Å². The van der Waals surface area contributed by atoms with Crippen LogP contribution in [0, 0.1) is 16.6 Å². The summed E-state index contributed by atoms with van der Waals surface area (Å²) in [5, 5.41) is 9.37. The Labute approximate surface area is 95.3 Å². The van der Waals surface area contributed by atoms with Gasteiger partial charge in [0.15, 0.2) is 0 Å². The van der Waals surface area contributed by atoms with Crippen molar-refractivity contribution >= 4 is 0 Å². The molecular formula is C13H18FNO. The molecule has 0 amide bonds. The number of nitrogens with two attached hydrogens (primary N) is 1. The second-order valence-electron chi connectivity index (χ2n) is 5.18. The Morgan fingerprint density at radius 3 is 2.44 bits per heavy atom. The van der Waals surface area contributed by atoms with Gasteiger partial charge in [-0.2, -0.15) is 0 Å². The Balaban J connectivity index is 2.09. The quantitative estimate of drug-likeness (QED) is 0.816. The van der Waals surface area contributed by atoms with Crippen molar-refractivity contribution < 1.29 is 9.50 Å². The third kappa shape index (κ3) is 1.74. The number of aliphatic hydroxyl groups excluding tert-OH is 1. The van der Waals surface area contributed by atoms with Crippen LogP contribution in [0.25, 0.3) is 0 Å². The Bertz CT molecular complexity index is 372. The van der Waals surface area contributed by atoms with Crippen LogP contribution in [0.2, 0.25) is 0 Å². The standard InChI is InChI=1S/C13H18FNO/c1-12(7-13(12,8-15)9-16)6-10-2-4-11(14)5-3-10/h2-5,16H,6-9,15H2,1H3. The molecule has 16 heavy (non-hydrogen) atoms. The van der Waals surface area contributed by atoms with E-state index in [1.165, 1.54) is 12.1 Å². The maximum absolute atomic E-state index is 12.8. The number of halogens is 1. The highest BCUT2D eigenvalue weighted by molar-refractivity contribution is 5.23. The number of benzene rings is 1. The largest absolute Gasteiger partial charge is 0.396 e. The molecule has 0 aliphatic heterocycles. The highest BCUT2D eigenvalue weighted by Gasteiger charge is 2.62. The lowest BCUT2D eigenvalue weighted by molar-refractivity contribution is 0.180. The van der Waals surface area contributed by atoms with Gasteiger partial charge < -0.3 is 10.8 Å². The van der Waals surface area contributed by atoms with Gasteiger partial charge in [-0.1, -0.05) is 19.1 Å². The Hall–Kier alpha value is -0.930. The average molecular weight is 223 g/mol. The van der Waals surface area contributed by atoms with E-state index in [1.807, 2.05) is 0 Å². The first kappa shape index (κ1) is 11.6. The third-order valence-corrected chi connectivity index (χ3v) is 4.08. The molecule has 0 heterocycles. The first-order chi connectivity index (χ1) is 7.55. The minimum atomic E-state index is -0.211. The number of aliphatic hydroxyl groups is 1. The van der Waals surface area contributed by atoms with Gasteiger partial charge in [0, 0.05) is 12.0 Å². The van der Waals surface area contributed by atoms with Crippen LogP contribution in [0.3, 0.4) is 0 Å². The van der Waals surface area contributed by atoms with Crippen molar-refractivity contribution in [3.8, 4) is 0 Å². The van der Waals surface area contributed by atoms with Crippen molar-refractivity contribution in [2.24, 2.45) is 16.6 Å². The van der Waals surface area contributed by atoms with Crippen LogP contribution in [0.4, 0.5) is 4.39 Å². The molecule has 2 unspecified atom stereocenters. The molecule has 1 aliphatic rings. The first-order valence-electron chi connectivity index (χ1n) is 5.61. The van der Waals surface area contributed by atoms with E-state index in [0.29, 0.717) is 6.54 Å². The molecule has 1 aromatic rings. The SMILES string of the molecule is CC1(Cc2ccc(F)cc2)CC1(CN)CO. The summed E-state index contributed by atoms with van der Waals surface area (Å²) in [5.74, 6) is -0.211. The zero-order valence-electron chi connectivity index (χ0n) is 9.54.